The Kier molecular flexibility index (Phi) is 6.94. The maximum absolute atomic E-state index is 12.4. The summed E-state index contributed by atoms with van der Waals surface area (Å²) in [4.78, 5) is 25.6. The van der Waals surface area contributed by atoms with Crippen LogP contribution in [0.25, 0.3) is 0 Å². The number of carbonyl (C=O) groups is 2. The number of amides is 2. The van der Waals surface area contributed by atoms with Gasteiger partial charge in [-0.1, -0.05) is 34.7 Å². The lowest BCUT2D eigenvalue weighted by Gasteiger charge is -2.22. The van der Waals surface area contributed by atoms with Gasteiger partial charge in [0.2, 0.25) is 0 Å². The molecule has 0 aliphatic carbocycles. The van der Waals surface area contributed by atoms with E-state index in [0.29, 0.717) is 17.5 Å². The van der Waals surface area contributed by atoms with Gasteiger partial charge in [0.25, 0.3) is 11.8 Å². The van der Waals surface area contributed by atoms with Crippen molar-refractivity contribution < 1.29 is 28.3 Å². The second kappa shape index (κ2) is 8.53. The van der Waals surface area contributed by atoms with E-state index in [2.05, 4.69) is 0 Å². The van der Waals surface area contributed by atoms with Crippen LogP contribution in [0.3, 0.4) is 0 Å². The van der Waals surface area contributed by atoms with Crippen LogP contribution < -0.4 is 0 Å². The van der Waals surface area contributed by atoms with E-state index in [1.165, 1.54) is 0 Å². The highest BCUT2D eigenvalue weighted by Gasteiger charge is 2.37. The standard InChI is InChI=1S/C15H19INO6P/c1-2-22-24(21,23-10-16)13(18)8-5-9-17-14(19)11-6-3-4-7-12(11)15(17)20/h3-4,6-7,13,18H,2,5,8-10H2,1H3. The van der Waals surface area contributed by atoms with Crippen LogP contribution in [0.2, 0.25) is 0 Å². The number of alkyl halides is 1. The van der Waals surface area contributed by atoms with Crippen molar-refractivity contribution >= 4 is 42.0 Å². The second-order valence-corrected chi connectivity index (χ2v) is 7.94. The number of hydrogen-bond acceptors (Lipinski definition) is 6. The second-order valence-electron chi connectivity index (χ2n) is 5.13. The Morgan fingerprint density at radius 2 is 1.79 bits per heavy atom. The molecule has 1 aromatic rings. The lowest BCUT2D eigenvalue weighted by atomic mass is 10.1. The molecule has 0 fully saturated rings. The van der Waals surface area contributed by atoms with Gasteiger partial charge >= 0.3 is 7.60 Å². The van der Waals surface area contributed by atoms with Crippen LogP contribution >= 0.6 is 30.2 Å². The SMILES string of the molecule is CCOP(=O)(OCI)C(O)CCCN1C(=O)c2ccccc2C1=O. The normalized spacial score (nSPS) is 17.7. The van der Waals surface area contributed by atoms with Gasteiger partial charge in [0.1, 0.15) is 4.61 Å². The maximum atomic E-state index is 12.4. The fourth-order valence-electron chi connectivity index (χ4n) is 2.49. The molecule has 2 atom stereocenters. The van der Waals surface area contributed by atoms with Gasteiger partial charge < -0.3 is 9.63 Å². The molecule has 0 aromatic heterocycles. The van der Waals surface area contributed by atoms with Gasteiger partial charge in [0, 0.05) is 6.54 Å². The lowest BCUT2D eigenvalue weighted by molar-refractivity contribution is 0.0645. The van der Waals surface area contributed by atoms with Crippen LogP contribution in [-0.2, 0) is 13.6 Å². The van der Waals surface area contributed by atoms with E-state index in [9.17, 15) is 19.3 Å². The fraction of sp³-hybridized carbons (Fsp3) is 0.467. The molecule has 0 saturated heterocycles. The van der Waals surface area contributed by atoms with Crippen molar-refractivity contribution in [3.63, 3.8) is 0 Å². The highest BCUT2D eigenvalue weighted by molar-refractivity contribution is 14.1. The first-order valence-electron chi connectivity index (χ1n) is 7.52. The third-order valence-corrected chi connectivity index (χ3v) is 6.52. The molecule has 2 amide bonds. The zero-order valence-corrected chi connectivity index (χ0v) is 16.2. The zero-order valence-electron chi connectivity index (χ0n) is 13.2. The van der Waals surface area contributed by atoms with Crippen LogP contribution in [-0.4, -0.2) is 45.4 Å². The average Bonchev–Trinajstić information content (AvgIpc) is 2.80. The molecule has 132 valence electrons. The molecule has 7 nitrogen and oxygen atoms in total. The summed E-state index contributed by atoms with van der Waals surface area (Å²) in [5, 5.41) is 10.1. The molecular weight excluding hydrogens is 448 g/mol. The summed E-state index contributed by atoms with van der Waals surface area (Å²) in [6, 6.07) is 6.64. The Hall–Kier alpha value is -0.800. The summed E-state index contributed by atoms with van der Waals surface area (Å²) >= 11 is 1.88. The third kappa shape index (κ3) is 4.05. The molecule has 24 heavy (non-hydrogen) atoms. The van der Waals surface area contributed by atoms with Gasteiger partial charge in [-0.05, 0) is 31.9 Å². The topological polar surface area (TPSA) is 93.1 Å². The smallest absolute Gasteiger partial charge is 0.359 e. The van der Waals surface area contributed by atoms with Crippen molar-refractivity contribution in [2.45, 2.75) is 25.6 Å². The Morgan fingerprint density at radius 1 is 1.21 bits per heavy atom. The number of benzene rings is 1. The molecule has 1 N–H and O–H groups in total. The monoisotopic (exact) mass is 467 g/mol. The number of aliphatic hydroxyl groups is 1. The minimum Gasteiger partial charge on any atom is -0.380 e. The van der Waals surface area contributed by atoms with Gasteiger partial charge in [0.05, 0.1) is 17.7 Å². The highest BCUT2D eigenvalue weighted by Crippen LogP contribution is 2.53. The van der Waals surface area contributed by atoms with Crippen LogP contribution in [0.5, 0.6) is 0 Å². The van der Waals surface area contributed by atoms with Crippen LogP contribution in [0, 0.1) is 0 Å². The molecule has 0 saturated carbocycles. The van der Waals surface area contributed by atoms with Crippen molar-refractivity contribution in [3.8, 4) is 0 Å². The fourth-order valence-corrected chi connectivity index (χ4v) is 5.07. The van der Waals surface area contributed by atoms with E-state index in [1.54, 1.807) is 31.2 Å². The molecule has 2 rings (SSSR count). The molecule has 1 aromatic carbocycles. The van der Waals surface area contributed by atoms with Crippen LogP contribution in [0.4, 0.5) is 0 Å². The number of imide groups is 1. The van der Waals surface area contributed by atoms with Crippen molar-refractivity contribution in [1.29, 1.82) is 0 Å². The largest absolute Gasteiger partial charge is 0.380 e. The summed E-state index contributed by atoms with van der Waals surface area (Å²) in [6.07, 6.45) is 0.398. The van der Waals surface area contributed by atoms with Crippen molar-refractivity contribution in [2.24, 2.45) is 0 Å². The molecule has 9 heteroatoms. The number of fused-ring (bicyclic) bond motifs is 1. The molecule has 0 radical (unpaired) electrons. The average molecular weight is 467 g/mol. The molecule has 2 unspecified atom stereocenters. The minimum absolute atomic E-state index is 0.0985. The molecule has 0 spiro atoms. The number of halogens is 1. The predicted molar refractivity (Wildman–Crippen MR) is 96.3 cm³/mol. The van der Waals surface area contributed by atoms with Crippen molar-refractivity contribution in [1.82, 2.24) is 4.90 Å². The van der Waals surface area contributed by atoms with E-state index in [-0.39, 0.29) is 36.0 Å². The molecule has 0 bridgehead atoms. The Bertz CT molecular complexity index is 622. The van der Waals surface area contributed by atoms with Gasteiger partial charge in [-0.3, -0.25) is 23.6 Å². The van der Waals surface area contributed by atoms with E-state index in [4.69, 9.17) is 9.05 Å². The summed E-state index contributed by atoms with van der Waals surface area (Å²) < 4.78 is 22.7. The molecule has 1 aliphatic heterocycles. The number of hydrogen-bond donors (Lipinski definition) is 1. The summed E-state index contributed by atoms with van der Waals surface area (Å²) in [7, 11) is -3.60. The summed E-state index contributed by atoms with van der Waals surface area (Å²) in [6.45, 7) is 1.96. The molecular formula is C15H19INO6P. The van der Waals surface area contributed by atoms with Crippen LogP contribution in [0.1, 0.15) is 40.5 Å². The van der Waals surface area contributed by atoms with Crippen molar-refractivity contribution in [2.75, 3.05) is 17.8 Å². The van der Waals surface area contributed by atoms with E-state index in [0.717, 1.165) is 4.90 Å². The number of carbonyl (C=O) groups excluding carboxylic acids is 2. The number of nitrogens with zero attached hydrogens (tertiary/aromatic N) is 1. The first kappa shape index (κ1) is 19.5. The number of aliphatic hydroxyl groups excluding tert-OH is 1. The third-order valence-electron chi connectivity index (χ3n) is 3.63. The number of rotatable bonds is 9. The Morgan fingerprint density at radius 3 is 2.29 bits per heavy atom. The van der Waals surface area contributed by atoms with Crippen molar-refractivity contribution in [3.05, 3.63) is 35.4 Å². The maximum Gasteiger partial charge on any atom is 0.359 e. The predicted octanol–water partition coefficient (Wildman–Crippen LogP) is 3.02. The Labute approximate surface area is 154 Å². The van der Waals surface area contributed by atoms with E-state index >= 15 is 0 Å². The van der Waals surface area contributed by atoms with E-state index in [1.807, 2.05) is 22.6 Å². The quantitative estimate of drug-likeness (QED) is 0.260. The Balaban J connectivity index is 1.94. The molecule has 1 aliphatic rings. The first-order valence-corrected chi connectivity index (χ1v) is 10.7. The van der Waals surface area contributed by atoms with E-state index < -0.39 is 13.4 Å². The van der Waals surface area contributed by atoms with Gasteiger partial charge in [0.15, 0.2) is 5.85 Å². The molecule has 1 heterocycles. The van der Waals surface area contributed by atoms with Gasteiger partial charge in [-0.2, -0.15) is 0 Å². The zero-order chi connectivity index (χ0) is 17.7. The minimum atomic E-state index is -3.60. The highest BCUT2D eigenvalue weighted by atomic mass is 127. The van der Waals surface area contributed by atoms with Gasteiger partial charge in [-0.15, -0.1) is 0 Å². The van der Waals surface area contributed by atoms with Gasteiger partial charge in [-0.25, -0.2) is 0 Å². The first-order chi connectivity index (χ1) is 11.4. The summed E-state index contributed by atoms with van der Waals surface area (Å²) in [5.41, 5.74) is 0.771. The summed E-state index contributed by atoms with van der Waals surface area (Å²) in [5.74, 6) is -1.98. The lowest BCUT2D eigenvalue weighted by Crippen LogP contribution is -2.31. The van der Waals surface area contributed by atoms with Crippen LogP contribution in [0.15, 0.2) is 24.3 Å².